The highest BCUT2D eigenvalue weighted by Gasteiger charge is 2.42. The van der Waals surface area contributed by atoms with Crippen LogP contribution in [0.15, 0.2) is 24.3 Å². The van der Waals surface area contributed by atoms with Gasteiger partial charge in [-0.2, -0.15) is 0 Å². The minimum absolute atomic E-state index is 0.738. The largest absolute Gasteiger partial charge is 0.314 e. The van der Waals surface area contributed by atoms with Crippen molar-refractivity contribution in [1.82, 2.24) is 5.32 Å². The lowest BCUT2D eigenvalue weighted by atomic mass is 9.80. The summed E-state index contributed by atoms with van der Waals surface area (Å²) in [7, 11) is 0. The lowest BCUT2D eigenvalue weighted by molar-refractivity contribution is 0.225. The number of nitrogens with one attached hydrogen (secondary N) is 1. The van der Waals surface area contributed by atoms with Crippen LogP contribution in [0.1, 0.15) is 50.7 Å². The molecule has 1 fully saturated rings. The molecule has 3 rings (SSSR count). The van der Waals surface area contributed by atoms with Crippen molar-refractivity contribution < 1.29 is 0 Å². The number of benzene rings is 1. The van der Waals surface area contributed by atoms with Crippen LogP contribution in [0.2, 0.25) is 0 Å². The van der Waals surface area contributed by atoms with Gasteiger partial charge in [0.2, 0.25) is 0 Å². The lowest BCUT2D eigenvalue weighted by Crippen LogP contribution is -2.41. The van der Waals surface area contributed by atoms with Crippen LogP contribution < -0.4 is 5.32 Å². The van der Waals surface area contributed by atoms with Gasteiger partial charge >= 0.3 is 0 Å². The molecule has 20 heavy (non-hydrogen) atoms. The smallest absolute Gasteiger partial charge is 0.00982 e. The minimum atomic E-state index is 0.738. The summed E-state index contributed by atoms with van der Waals surface area (Å²) >= 11 is 0. The molecule has 0 saturated heterocycles. The van der Waals surface area contributed by atoms with Gasteiger partial charge in [-0.1, -0.05) is 38.1 Å². The Hall–Kier alpha value is -0.820. The number of fused-ring (bicyclic) bond motifs is 3. The van der Waals surface area contributed by atoms with Gasteiger partial charge in [-0.25, -0.2) is 0 Å². The SMILES string of the molecule is CCCNC(CC)C1C2CCC1Cc1ccccc1C2. The molecule has 1 aromatic rings. The molecular weight excluding hydrogens is 242 g/mol. The summed E-state index contributed by atoms with van der Waals surface area (Å²) in [4.78, 5) is 0. The van der Waals surface area contributed by atoms with Gasteiger partial charge in [0.05, 0.1) is 0 Å². The topological polar surface area (TPSA) is 12.0 Å². The summed E-state index contributed by atoms with van der Waals surface area (Å²) in [6, 6.07) is 9.92. The van der Waals surface area contributed by atoms with E-state index in [0.717, 1.165) is 23.8 Å². The maximum Gasteiger partial charge on any atom is 0.00982 e. The quantitative estimate of drug-likeness (QED) is 0.846. The Morgan fingerprint density at radius 2 is 1.65 bits per heavy atom. The first-order valence-electron chi connectivity index (χ1n) is 8.63. The molecule has 0 aliphatic heterocycles. The maximum absolute atomic E-state index is 3.84. The Morgan fingerprint density at radius 1 is 1.05 bits per heavy atom. The van der Waals surface area contributed by atoms with E-state index in [2.05, 4.69) is 43.4 Å². The third-order valence-electron chi connectivity index (χ3n) is 5.64. The van der Waals surface area contributed by atoms with E-state index in [1.165, 1.54) is 45.1 Å². The van der Waals surface area contributed by atoms with Crippen LogP contribution in [-0.2, 0) is 12.8 Å². The second-order valence-corrected chi connectivity index (χ2v) is 6.82. The Bertz CT molecular complexity index is 406. The zero-order valence-corrected chi connectivity index (χ0v) is 13.1. The molecule has 1 nitrogen and oxygen atoms in total. The summed E-state index contributed by atoms with van der Waals surface area (Å²) in [5, 5.41) is 3.84. The van der Waals surface area contributed by atoms with Crippen LogP contribution >= 0.6 is 0 Å². The van der Waals surface area contributed by atoms with Crippen LogP contribution in [0.3, 0.4) is 0 Å². The molecule has 2 aliphatic carbocycles. The van der Waals surface area contributed by atoms with Crippen molar-refractivity contribution in [3.63, 3.8) is 0 Å². The molecule has 0 aromatic heterocycles. The maximum atomic E-state index is 3.84. The first-order chi connectivity index (χ1) is 9.83. The van der Waals surface area contributed by atoms with Crippen LogP contribution in [0.5, 0.6) is 0 Å². The molecule has 1 N–H and O–H groups in total. The van der Waals surface area contributed by atoms with Crippen molar-refractivity contribution in [1.29, 1.82) is 0 Å². The lowest BCUT2D eigenvalue weighted by Gasteiger charge is -2.31. The van der Waals surface area contributed by atoms with Gasteiger partial charge in [0.25, 0.3) is 0 Å². The number of hydrogen-bond donors (Lipinski definition) is 1. The molecule has 1 saturated carbocycles. The van der Waals surface area contributed by atoms with Crippen molar-refractivity contribution in [3.8, 4) is 0 Å². The molecule has 1 heteroatoms. The summed E-state index contributed by atoms with van der Waals surface area (Å²) in [6.45, 7) is 5.82. The zero-order valence-electron chi connectivity index (χ0n) is 13.1. The predicted molar refractivity (Wildman–Crippen MR) is 85.9 cm³/mol. The summed E-state index contributed by atoms with van der Waals surface area (Å²) in [5.41, 5.74) is 3.27. The highest BCUT2D eigenvalue weighted by Crippen LogP contribution is 2.46. The van der Waals surface area contributed by atoms with Crippen molar-refractivity contribution in [3.05, 3.63) is 35.4 Å². The van der Waals surface area contributed by atoms with Gasteiger partial charge in [0, 0.05) is 6.04 Å². The van der Waals surface area contributed by atoms with Gasteiger partial charge in [-0.3, -0.25) is 0 Å². The van der Waals surface area contributed by atoms with Gasteiger partial charge in [0.15, 0.2) is 0 Å². The molecule has 110 valence electrons. The Labute approximate surface area is 124 Å². The second-order valence-electron chi connectivity index (χ2n) is 6.82. The average Bonchev–Trinajstić information content (AvgIpc) is 2.76. The molecule has 3 atom stereocenters. The van der Waals surface area contributed by atoms with E-state index in [9.17, 15) is 0 Å². The van der Waals surface area contributed by atoms with Crippen molar-refractivity contribution in [2.24, 2.45) is 17.8 Å². The van der Waals surface area contributed by atoms with Crippen LogP contribution in [0.25, 0.3) is 0 Å². The fraction of sp³-hybridized carbons (Fsp3) is 0.684. The van der Waals surface area contributed by atoms with E-state index in [1.807, 2.05) is 0 Å². The summed E-state index contributed by atoms with van der Waals surface area (Å²) in [6.07, 6.45) is 8.08. The number of rotatable bonds is 5. The van der Waals surface area contributed by atoms with Crippen LogP contribution in [-0.4, -0.2) is 12.6 Å². The van der Waals surface area contributed by atoms with Gasteiger partial charge in [-0.05, 0) is 74.0 Å². The molecule has 0 heterocycles. The molecule has 3 unspecified atom stereocenters. The van der Waals surface area contributed by atoms with E-state index in [-0.39, 0.29) is 0 Å². The first kappa shape index (κ1) is 14.1. The third-order valence-corrected chi connectivity index (χ3v) is 5.64. The minimum Gasteiger partial charge on any atom is -0.314 e. The molecule has 0 radical (unpaired) electrons. The zero-order chi connectivity index (χ0) is 13.9. The van der Waals surface area contributed by atoms with Crippen molar-refractivity contribution in [2.45, 2.75) is 58.4 Å². The second kappa shape index (κ2) is 6.30. The molecule has 2 aliphatic rings. The Morgan fingerprint density at radius 3 is 2.15 bits per heavy atom. The highest BCUT2D eigenvalue weighted by molar-refractivity contribution is 5.30. The Kier molecular flexibility index (Phi) is 4.45. The average molecular weight is 271 g/mol. The molecule has 1 aromatic carbocycles. The van der Waals surface area contributed by atoms with E-state index in [1.54, 1.807) is 11.1 Å². The standard InChI is InChI=1S/C19H29N/c1-3-11-20-18(4-2)19-16-9-10-17(19)13-15-8-6-5-7-14(15)12-16/h5-8,16-20H,3-4,9-13H2,1-2H3. The monoisotopic (exact) mass is 271 g/mol. The fourth-order valence-corrected chi connectivity index (χ4v) is 4.73. The van der Waals surface area contributed by atoms with Crippen molar-refractivity contribution in [2.75, 3.05) is 6.54 Å². The number of hydrogen-bond acceptors (Lipinski definition) is 1. The normalized spacial score (nSPS) is 29.8. The molecule has 0 spiro atoms. The first-order valence-corrected chi connectivity index (χ1v) is 8.63. The highest BCUT2D eigenvalue weighted by atomic mass is 14.9. The summed E-state index contributed by atoms with van der Waals surface area (Å²) in [5.74, 6) is 2.73. The van der Waals surface area contributed by atoms with E-state index >= 15 is 0 Å². The fourth-order valence-electron chi connectivity index (χ4n) is 4.73. The van der Waals surface area contributed by atoms with Crippen molar-refractivity contribution >= 4 is 0 Å². The van der Waals surface area contributed by atoms with Crippen LogP contribution in [0, 0.1) is 17.8 Å². The van der Waals surface area contributed by atoms with E-state index in [0.29, 0.717) is 0 Å². The Balaban J connectivity index is 1.81. The molecular formula is C19H29N. The van der Waals surface area contributed by atoms with Gasteiger partial charge in [0.1, 0.15) is 0 Å². The van der Waals surface area contributed by atoms with E-state index in [4.69, 9.17) is 0 Å². The van der Waals surface area contributed by atoms with E-state index < -0.39 is 0 Å². The van der Waals surface area contributed by atoms with Crippen LogP contribution in [0.4, 0.5) is 0 Å². The molecule has 2 bridgehead atoms. The predicted octanol–water partition coefficient (Wildman–Crippen LogP) is 4.21. The van der Waals surface area contributed by atoms with Gasteiger partial charge in [-0.15, -0.1) is 0 Å². The van der Waals surface area contributed by atoms with Gasteiger partial charge < -0.3 is 5.32 Å². The summed E-state index contributed by atoms with van der Waals surface area (Å²) < 4.78 is 0. The third kappa shape index (κ3) is 2.65. The molecule has 0 amide bonds.